The lowest BCUT2D eigenvalue weighted by atomic mass is 10.1. The number of aromatic nitrogens is 1. The van der Waals surface area contributed by atoms with Gasteiger partial charge in [-0.3, -0.25) is 4.79 Å². The summed E-state index contributed by atoms with van der Waals surface area (Å²) < 4.78 is 0. The zero-order chi connectivity index (χ0) is 10.8. The molecule has 0 aliphatic heterocycles. The van der Waals surface area contributed by atoms with E-state index in [2.05, 4.69) is 15.0 Å². The van der Waals surface area contributed by atoms with Gasteiger partial charge in [-0.15, -0.1) is 0 Å². The highest BCUT2D eigenvalue weighted by atomic mass is 35.5. The van der Waals surface area contributed by atoms with E-state index in [-0.39, 0.29) is 5.56 Å². The van der Waals surface area contributed by atoms with Crippen LogP contribution in [0.25, 0.3) is 21.3 Å². The van der Waals surface area contributed by atoms with Gasteiger partial charge in [0.2, 0.25) is 5.91 Å². The Kier molecular flexibility index (Phi) is 2.33. The average molecular weight is 221 g/mol. The number of H-pyrrole nitrogens is 1. The fraction of sp³-hybridized carbons (Fsp3) is 0. The minimum absolute atomic E-state index is 0.271. The molecule has 6 heteroatoms. The van der Waals surface area contributed by atoms with Gasteiger partial charge in [-0.05, 0) is 28.8 Å². The van der Waals surface area contributed by atoms with Crippen molar-refractivity contribution < 1.29 is 4.79 Å². The Morgan fingerprint density at radius 1 is 1.53 bits per heavy atom. The van der Waals surface area contributed by atoms with Crippen molar-refractivity contribution >= 4 is 28.4 Å². The maximum absolute atomic E-state index is 11.3. The number of halogens is 1. The zero-order valence-corrected chi connectivity index (χ0v) is 8.19. The predicted molar refractivity (Wildman–Crippen MR) is 56.8 cm³/mol. The Balaban J connectivity index is 2.63. The average Bonchev–Trinajstić information content (AvgIpc) is 2.66. The number of fused-ring (bicyclic) bond motifs is 1. The molecule has 0 bridgehead atoms. The van der Waals surface area contributed by atoms with Gasteiger partial charge < -0.3 is 4.98 Å². The topological polar surface area (TPSA) is 81.6 Å². The minimum Gasteiger partial charge on any atom is -0.361 e. The lowest BCUT2D eigenvalue weighted by Gasteiger charge is -1.98. The first kappa shape index (κ1) is 9.58. The first-order chi connectivity index (χ1) is 7.22. The summed E-state index contributed by atoms with van der Waals surface area (Å²) in [6.07, 6.45) is 1.72. The van der Waals surface area contributed by atoms with Gasteiger partial charge in [-0.1, -0.05) is 11.6 Å². The van der Waals surface area contributed by atoms with Crippen LogP contribution in [0.4, 0.5) is 0 Å². The summed E-state index contributed by atoms with van der Waals surface area (Å²) in [6, 6.07) is 4.88. The van der Waals surface area contributed by atoms with Crippen LogP contribution in [-0.4, -0.2) is 10.9 Å². The molecule has 2 aromatic rings. The molecular formula is C9H5ClN4O. The van der Waals surface area contributed by atoms with E-state index in [1.54, 1.807) is 18.3 Å². The molecule has 0 spiro atoms. The Bertz CT molecular complexity index is 583. The maximum atomic E-state index is 11.3. The van der Waals surface area contributed by atoms with Crippen molar-refractivity contribution in [2.45, 2.75) is 0 Å². The van der Waals surface area contributed by atoms with Crippen molar-refractivity contribution in [3.8, 4) is 0 Å². The molecule has 15 heavy (non-hydrogen) atoms. The molecule has 1 aromatic heterocycles. The van der Waals surface area contributed by atoms with E-state index in [0.29, 0.717) is 5.02 Å². The summed E-state index contributed by atoms with van der Waals surface area (Å²) in [7, 11) is 0. The summed E-state index contributed by atoms with van der Waals surface area (Å²) in [4.78, 5) is 16.6. The number of rotatable bonds is 1. The highest BCUT2D eigenvalue weighted by Crippen LogP contribution is 2.24. The quantitative estimate of drug-likeness (QED) is 0.447. The van der Waals surface area contributed by atoms with E-state index in [9.17, 15) is 4.79 Å². The second-order valence-corrected chi connectivity index (χ2v) is 3.30. The van der Waals surface area contributed by atoms with Crippen LogP contribution in [-0.2, 0) is 0 Å². The number of nitrogens with zero attached hydrogens (tertiary/aromatic N) is 3. The first-order valence-electron chi connectivity index (χ1n) is 4.08. The molecule has 1 aromatic carbocycles. The molecule has 0 aliphatic carbocycles. The van der Waals surface area contributed by atoms with Gasteiger partial charge in [0.05, 0.1) is 5.02 Å². The molecule has 0 fully saturated rings. The van der Waals surface area contributed by atoms with Gasteiger partial charge >= 0.3 is 0 Å². The number of carbonyl (C=O) groups is 1. The van der Waals surface area contributed by atoms with Crippen molar-refractivity contribution in [2.75, 3.05) is 0 Å². The number of benzene rings is 1. The van der Waals surface area contributed by atoms with Gasteiger partial charge in [-0.25, -0.2) is 0 Å². The van der Waals surface area contributed by atoms with Crippen LogP contribution in [0.5, 0.6) is 0 Å². The van der Waals surface area contributed by atoms with E-state index in [0.717, 1.165) is 10.9 Å². The number of azide groups is 1. The van der Waals surface area contributed by atoms with Gasteiger partial charge in [0.25, 0.3) is 0 Å². The highest BCUT2D eigenvalue weighted by Gasteiger charge is 2.08. The fourth-order valence-electron chi connectivity index (χ4n) is 1.34. The van der Waals surface area contributed by atoms with Gasteiger partial charge in [0.1, 0.15) is 0 Å². The minimum atomic E-state index is -0.643. The molecule has 74 valence electrons. The molecular weight excluding hydrogens is 216 g/mol. The van der Waals surface area contributed by atoms with Gasteiger partial charge in [0.15, 0.2) is 0 Å². The Morgan fingerprint density at radius 3 is 3.07 bits per heavy atom. The summed E-state index contributed by atoms with van der Waals surface area (Å²) in [5.74, 6) is -0.643. The van der Waals surface area contributed by atoms with Crippen LogP contribution in [0.1, 0.15) is 10.4 Å². The van der Waals surface area contributed by atoms with Crippen LogP contribution >= 0.6 is 11.6 Å². The Morgan fingerprint density at radius 2 is 2.33 bits per heavy atom. The molecule has 0 unspecified atom stereocenters. The lowest BCUT2D eigenvalue weighted by molar-refractivity contribution is 0.100. The fourth-order valence-corrected chi connectivity index (χ4v) is 1.63. The highest BCUT2D eigenvalue weighted by molar-refractivity contribution is 6.35. The number of hydrogen-bond acceptors (Lipinski definition) is 1. The van der Waals surface area contributed by atoms with Crippen LogP contribution < -0.4 is 0 Å². The van der Waals surface area contributed by atoms with Gasteiger partial charge in [0, 0.05) is 27.6 Å². The number of amides is 1. The molecule has 1 amide bonds. The molecule has 0 radical (unpaired) electrons. The Hall–Kier alpha value is -1.97. The van der Waals surface area contributed by atoms with Crippen molar-refractivity contribution in [2.24, 2.45) is 5.11 Å². The maximum Gasteiger partial charge on any atom is 0.249 e. The van der Waals surface area contributed by atoms with E-state index in [1.165, 1.54) is 6.07 Å². The van der Waals surface area contributed by atoms with Crippen LogP contribution in [0, 0.1) is 0 Å². The van der Waals surface area contributed by atoms with Crippen LogP contribution in [0.3, 0.4) is 0 Å². The summed E-state index contributed by atoms with van der Waals surface area (Å²) in [5, 5.41) is 4.27. The summed E-state index contributed by atoms with van der Waals surface area (Å²) >= 11 is 5.94. The molecule has 2 rings (SSSR count). The van der Waals surface area contributed by atoms with Crippen LogP contribution in [0.2, 0.25) is 5.02 Å². The summed E-state index contributed by atoms with van der Waals surface area (Å²) in [6.45, 7) is 0. The Labute approximate surface area is 89.3 Å². The van der Waals surface area contributed by atoms with E-state index >= 15 is 0 Å². The SMILES string of the molecule is [N-]=[N+]=NC(=O)c1cc(Cl)c2cc[nH]c2c1. The molecule has 0 saturated carbocycles. The van der Waals surface area contributed by atoms with E-state index < -0.39 is 5.91 Å². The third kappa shape index (κ3) is 1.66. The van der Waals surface area contributed by atoms with Crippen molar-refractivity contribution in [3.63, 3.8) is 0 Å². The molecule has 0 atom stereocenters. The standard InChI is InChI=1S/C9H5ClN4O/c10-7-3-5(9(15)13-14-11)4-8-6(7)1-2-12-8/h1-4,12H. The lowest BCUT2D eigenvalue weighted by Crippen LogP contribution is -1.93. The van der Waals surface area contributed by atoms with Gasteiger partial charge in [-0.2, -0.15) is 0 Å². The molecule has 1 N–H and O–H groups in total. The molecule has 0 saturated heterocycles. The number of nitrogens with one attached hydrogen (secondary N) is 1. The third-order valence-corrected chi connectivity index (χ3v) is 2.31. The smallest absolute Gasteiger partial charge is 0.249 e. The molecule has 5 nitrogen and oxygen atoms in total. The third-order valence-electron chi connectivity index (χ3n) is 2.00. The normalized spacial score (nSPS) is 9.93. The number of aromatic amines is 1. The van der Waals surface area contributed by atoms with E-state index in [4.69, 9.17) is 17.1 Å². The summed E-state index contributed by atoms with van der Waals surface area (Å²) in [5.41, 5.74) is 9.14. The second-order valence-electron chi connectivity index (χ2n) is 2.89. The van der Waals surface area contributed by atoms with Crippen molar-refractivity contribution in [1.82, 2.24) is 4.98 Å². The monoisotopic (exact) mass is 220 g/mol. The van der Waals surface area contributed by atoms with E-state index in [1.807, 2.05) is 0 Å². The molecule has 0 aliphatic rings. The predicted octanol–water partition coefficient (Wildman–Crippen LogP) is 3.27. The zero-order valence-electron chi connectivity index (χ0n) is 7.44. The second kappa shape index (κ2) is 3.65. The first-order valence-corrected chi connectivity index (χ1v) is 4.46. The van der Waals surface area contributed by atoms with Crippen molar-refractivity contribution in [3.05, 3.63) is 45.4 Å². The number of carbonyl (C=O) groups excluding carboxylic acids is 1. The number of hydrogen-bond donors (Lipinski definition) is 1. The molecule has 1 heterocycles. The largest absolute Gasteiger partial charge is 0.361 e. The van der Waals surface area contributed by atoms with Crippen LogP contribution in [0.15, 0.2) is 29.5 Å². The van der Waals surface area contributed by atoms with Crippen molar-refractivity contribution in [1.29, 1.82) is 0 Å².